The minimum atomic E-state index is 0.533. The maximum Gasteiger partial charge on any atom is 0.227 e. The highest BCUT2D eigenvalue weighted by Crippen LogP contribution is 2.28. The Kier molecular flexibility index (Phi) is 5.25. The van der Waals surface area contributed by atoms with Crippen LogP contribution in [0.3, 0.4) is 0 Å². The zero-order valence-corrected chi connectivity index (χ0v) is 15.8. The number of rotatable bonds is 5. The van der Waals surface area contributed by atoms with Crippen LogP contribution in [0.5, 0.6) is 5.75 Å². The van der Waals surface area contributed by atoms with E-state index in [4.69, 9.17) is 15.2 Å². The van der Waals surface area contributed by atoms with Crippen LogP contribution in [0.4, 0.5) is 23.0 Å². The van der Waals surface area contributed by atoms with Crippen LogP contribution in [0.15, 0.2) is 54.7 Å². The van der Waals surface area contributed by atoms with E-state index in [0.717, 1.165) is 43.2 Å². The molecule has 4 rings (SSSR count). The van der Waals surface area contributed by atoms with Crippen molar-refractivity contribution in [3.8, 4) is 17.0 Å². The monoisotopic (exact) mass is 377 g/mol. The SMILES string of the molecule is COc1ccc(-c2ccnc(Nc3ccc(N4CCOCC4)cc3)n2)cc1N. The van der Waals surface area contributed by atoms with Gasteiger partial charge in [0.15, 0.2) is 0 Å². The van der Waals surface area contributed by atoms with Gasteiger partial charge in [0.1, 0.15) is 5.75 Å². The van der Waals surface area contributed by atoms with E-state index in [9.17, 15) is 0 Å². The van der Waals surface area contributed by atoms with Crippen molar-refractivity contribution in [1.82, 2.24) is 9.97 Å². The second kappa shape index (κ2) is 8.14. The summed E-state index contributed by atoms with van der Waals surface area (Å²) in [6.07, 6.45) is 1.73. The molecular weight excluding hydrogens is 354 g/mol. The highest BCUT2D eigenvalue weighted by molar-refractivity contribution is 5.69. The number of nitrogens with two attached hydrogens (primary N) is 1. The molecular formula is C21H23N5O2. The lowest BCUT2D eigenvalue weighted by Gasteiger charge is -2.28. The van der Waals surface area contributed by atoms with Gasteiger partial charge in [-0.05, 0) is 48.5 Å². The summed E-state index contributed by atoms with van der Waals surface area (Å²) in [5, 5.41) is 3.26. The zero-order valence-electron chi connectivity index (χ0n) is 15.8. The van der Waals surface area contributed by atoms with Crippen molar-refractivity contribution in [2.45, 2.75) is 0 Å². The van der Waals surface area contributed by atoms with E-state index < -0.39 is 0 Å². The second-order valence-electron chi connectivity index (χ2n) is 6.49. The molecule has 3 N–H and O–H groups in total. The maximum absolute atomic E-state index is 6.01. The van der Waals surface area contributed by atoms with Crippen LogP contribution in [0.2, 0.25) is 0 Å². The standard InChI is InChI=1S/C21H23N5O2/c1-27-20-7-2-15(14-18(20)22)19-8-9-23-21(25-19)24-16-3-5-17(6-4-16)26-10-12-28-13-11-26/h2-9,14H,10-13,22H2,1H3,(H,23,24,25). The van der Waals surface area contributed by atoms with Crippen LogP contribution in [0, 0.1) is 0 Å². The summed E-state index contributed by atoms with van der Waals surface area (Å²) in [5.74, 6) is 1.18. The Morgan fingerprint density at radius 3 is 2.57 bits per heavy atom. The molecule has 1 aliphatic heterocycles. The molecule has 0 radical (unpaired) electrons. The molecule has 0 bridgehead atoms. The normalized spacial score (nSPS) is 14.0. The quantitative estimate of drug-likeness (QED) is 0.660. The van der Waals surface area contributed by atoms with Crippen LogP contribution < -0.4 is 20.7 Å². The number of nitrogen functional groups attached to an aromatic ring is 1. The van der Waals surface area contributed by atoms with E-state index in [-0.39, 0.29) is 0 Å². The summed E-state index contributed by atoms with van der Waals surface area (Å²) in [5.41, 5.74) is 10.4. The number of methoxy groups -OCH3 is 1. The Balaban J connectivity index is 1.49. The van der Waals surface area contributed by atoms with Gasteiger partial charge in [0.05, 0.1) is 31.7 Å². The Morgan fingerprint density at radius 1 is 1.07 bits per heavy atom. The number of aromatic nitrogens is 2. The molecule has 1 aromatic heterocycles. The molecule has 0 saturated carbocycles. The average Bonchev–Trinajstić information content (AvgIpc) is 2.75. The fourth-order valence-corrected chi connectivity index (χ4v) is 3.18. The molecule has 0 unspecified atom stereocenters. The van der Waals surface area contributed by atoms with Gasteiger partial charge in [-0.2, -0.15) is 0 Å². The first kappa shape index (κ1) is 18.1. The molecule has 1 saturated heterocycles. The Morgan fingerprint density at radius 2 is 1.86 bits per heavy atom. The van der Waals surface area contributed by atoms with Gasteiger partial charge in [-0.25, -0.2) is 9.97 Å². The Hall–Kier alpha value is -3.32. The van der Waals surface area contributed by atoms with E-state index in [1.54, 1.807) is 13.3 Å². The van der Waals surface area contributed by atoms with Crippen LogP contribution >= 0.6 is 0 Å². The summed E-state index contributed by atoms with van der Waals surface area (Å²) in [7, 11) is 1.60. The van der Waals surface area contributed by atoms with Gasteiger partial charge in [-0.1, -0.05) is 0 Å². The summed E-state index contributed by atoms with van der Waals surface area (Å²) < 4.78 is 10.6. The number of nitrogens with one attached hydrogen (secondary N) is 1. The number of anilines is 4. The van der Waals surface area contributed by atoms with Gasteiger partial charge in [-0.3, -0.25) is 0 Å². The largest absolute Gasteiger partial charge is 0.495 e. The maximum atomic E-state index is 6.01. The third kappa shape index (κ3) is 3.99. The van der Waals surface area contributed by atoms with Crippen molar-refractivity contribution >= 4 is 23.0 Å². The molecule has 2 aromatic carbocycles. The van der Waals surface area contributed by atoms with Gasteiger partial charge >= 0.3 is 0 Å². The van der Waals surface area contributed by atoms with Gasteiger partial charge in [-0.15, -0.1) is 0 Å². The molecule has 7 heteroatoms. The van der Waals surface area contributed by atoms with Crippen molar-refractivity contribution < 1.29 is 9.47 Å². The fraction of sp³-hybridized carbons (Fsp3) is 0.238. The molecule has 144 valence electrons. The highest BCUT2D eigenvalue weighted by Gasteiger charge is 2.11. The van der Waals surface area contributed by atoms with Crippen molar-refractivity contribution in [2.24, 2.45) is 0 Å². The van der Waals surface area contributed by atoms with E-state index >= 15 is 0 Å². The van der Waals surface area contributed by atoms with Crippen molar-refractivity contribution in [3.63, 3.8) is 0 Å². The lowest BCUT2D eigenvalue weighted by Crippen LogP contribution is -2.36. The van der Waals surface area contributed by atoms with E-state index in [1.807, 2.05) is 36.4 Å². The summed E-state index contributed by atoms with van der Waals surface area (Å²) in [4.78, 5) is 11.2. The molecule has 2 heterocycles. The average molecular weight is 377 g/mol. The lowest BCUT2D eigenvalue weighted by atomic mass is 10.1. The summed E-state index contributed by atoms with van der Waals surface area (Å²) in [6, 6.07) is 15.7. The minimum Gasteiger partial charge on any atom is -0.495 e. The molecule has 0 atom stereocenters. The summed E-state index contributed by atoms with van der Waals surface area (Å²) in [6.45, 7) is 3.39. The Bertz CT molecular complexity index is 940. The number of ether oxygens (including phenoxy) is 2. The number of hydrogen-bond acceptors (Lipinski definition) is 7. The third-order valence-electron chi connectivity index (χ3n) is 4.68. The zero-order chi connectivity index (χ0) is 19.3. The van der Waals surface area contributed by atoms with Crippen molar-refractivity contribution in [1.29, 1.82) is 0 Å². The third-order valence-corrected chi connectivity index (χ3v) is 4.68. The first-order valence-electron chi connectivity index (χ1n) is 9.19. The van der Waals surface area contributed by atoms with Crippen LogP contribution in [0.1, 0.15) is 0 Å². The fourth-order valence-electron chi connectivity index (χ4n) is 3.18. The predicted molar refractivity (Wildman–Crippen MR) is 111 cm³/mol. The molecule has 3 aromatic rings. The molecule has 0 spiro atoms. The van der Waals surface area contributed by atoms with Crippen LogP contribution in [-0.4, -0.2) is 43.4 Å². The molecule has 1 aliphatic rings. The van der Waals surface area contributed by atoms with E-state index in [0.29, 0.717) is 17.4 Å². The number of benzene rings is 2. The topological polar surface area (TPSA) is 85.5 Å². The second-order valence-corrected chi connectivity index (χ2v) is 6.49. The van der Waals surface area contributed by atoms with E-state index in [1.165, 1.54) is 5.69 Å². The number of hydrogen-bond donors (Lipinski definition) is 2. The summed E-state index contributed by atoms with van der Waals surface area (Å²) >= 11 is 0. The molecule has 28 heavy (non-hydrogen) atoms. The van der Waals surface area contributed by atoms with Gasteiger partial charge in [0.25, 0.3) is 0 Å². The lowest BCUT2D eigenvalue weighted by molar-refractivity contribution is 0.122. The van der Waals surface area contributed by atoms with Gasteiger partial charge in [0, 0.05) is 36.2 Å². The van der Waals surface area contributed by atoms with Crippen molar-refractivity contribution in [2.75, 3.05) is 49.4 Å². The van der Waals surface area contributed by atoms with Crippen LogP contribution in [0.25, 0.3) is 11.3 Å². The first-order valence-corrected chi connectivity index (χ1v) is 9.19. The van der Waals surface area contributed by atoms with Gasteiger partial charge < -0.3 is 25.4 Å². The molecule has 7 nitrogen and oxygen atoms in total. The highest BCUT2D eigenvalue weighted by atomic mass is 16.5. The first-order chi connectivity index (χ1) is 13.7. The number of nitrogens with zero attached hydrogens (tertiary/aromatic N) is 3. The van der Waals surface area contributed by atoms with Gasteiger partial charge in [0.2, 0.25) is 5.95 Å². The smallest absolute Gasteiger partial charge is 0.227 e. The predicted octanol–water partition coefficient (Wildman–Crippen LogP) is 3.31. The van der Waals surface area contributed by atoms with Crippen LogP contribution in [-0.2, 0) is 4.74 Å². The molecule has 1 fully saturated rings. The molecule has 0 aliphatic carbocycles. The van der Waals surface area contributed by atoms with Crippen molar-refractivity contribution in [3.05, 3.63) is 54.7 Å². The van der Waals surface area contributed by atoms with E-state index in [2.05, 4.69) is 32.3 Å². The minimum absolute atomic E-state index is 0.533. The molecule has 0 amide bonds. The Labute approximate surface area is 164 Å². The number of morpholine rings is 1.